The zero-order chi connectivity index (χ0) is 21.7. The number of carbonyl (C=O) groups excluding carboxylic acids is 3. The minimum absolute atomic E-state index is 0.0310. The van der Waals surface area contributed by atoms with Crippen molar-refractivity contribution < 1.29 is 14.4 Å². The predicted octanol–water partition coefficient (Wildman–Crippen LogP) is 1.38. The molecule has 3 amide bonds. The van der Waals surface area contributed by atoms with Crippen molar-refractivity contribution in [2.45, 2.75) is 26.8 Å². The van der Waals surface area contributed by atoms with Crippen LogP contribution in [0.5, 0.6) is 0 Å². The highest BCUT2D eigenvalue weighted by molar-refractivity contribution is 6.05. The number of hydrogen-bond acceptors (Lipinski definition) is 5. The van der Waals surface area contributed by atoms with Gasteiger partial charge >= 0.3 is 0 Å². The van der Waals surface area contributed by atoms with Crippen LogP contribution < -0.4 is 21.7 Å². The van der Waals surface area contributed by atoms with E-state index in [9.17, 15) is 19.2 Å². The van der Waals surface area contributed by atoms with Crippen molar-refractivity contribution in [1.29, 1.82) is 0 Å². The van der Waals surface area contributed by atoms with E-state index in [1.165, 1.54) is 11.6 Å². The molecular formula is C21H21N5O4. The van der Waals surface area contributed by atoms with Crippen LogP contribution in [0.15, 0.2) is 53.3 Å². The average molecular weight is 407 g/mol. The fourth-order valence-corrected chi connectivity index (χ4v) is 2.94. The lowest BCUT2D eigenvalue weighted by Gasteiger charge is -2.11. The van der Waals surface area contributed by atoms with Gasteiger partial charge in [0, 0.05) is 24.5 Å². The summed E-state index contributed by atoms with van der Waals surface area (Å²) in [6, 6.07) is 13.5. The van der Waals surface area contributed by atoms with Crippen LogP contribution in [0.25, 0.3) is 10.8 Å². The van der Waals surface area contributed by atoms with E-state index in [1.807, 2.05) is 0 Å². The zero-order valence-electron chi connectivity index (χ0n) is 16.6. The van der Waals surface area contributed by atoms with Crippen LogP contribution in [-0.2, 0) is 22.6 Å². The van der Waals surface area contributed by atoms with Gasteiger partial charge in [-0.05, 0) is 30.7 Å². The molecule has 0 aliphatic heterocycles. The first-order valence-electron chi connectivity index (χ1n) is 9.34. The molecule has 2 aromatic carbocycles. The highest BCUT2D eigenvalue weighted by Gasteiger charge is 2.16. The number of carbonyl (C=O) groups is 3. The molecule has 0 saturated carbocycles. The molecule has 0 bridgehead atoms. The van der Waals surface area contributed by atoms with E-state index in [-0.39, 0.29) is 23.6 Å². The topological polar surface area (TPSA) is 122 Å². The molecule has 0 radical (unpaired) electrons. The molecule has 3 aromatic rings. The number of nitrogens with zero attached hydrogens (tertiary/aromatic N) is 2. The Bertz CT molecular complexity index is 1170. The van der Waals surface area contributed by atoms with Crippen molar-refractivity contribution in [1.82, 2.24) is 20.6 Å². The summed E-state index contributed by atoms with van der Waals surface area (Å²) < 4.78 is 1.20. The van der Waals surface area contributed by atoms with Crippen LogP contribution in [0.2, 0.25) is 0 Å². The second-order valence-corrected chi connectivity index (χ2v) is 6.57. The van der Waals surface area contributed by atoms with E-state index < -0.39 is 11.8 Å². The fourth-order valence-electron chi connectivity index (χ4n) is 2.94. The van der Waals surface area contributed by atoms with E-state index in [0.717, 1.165) is 0 Å². The summed E-state index contributed by atoms with van der Waals surface area (Å²) in [5.74, 6) is -1.23. The van der Waals surface area contributed by atoms with Crippen LogP contribution in [-0.4, -0.2) is 27.5 Å². The van der Waals surface area contributed by atoms with Crippen molar-refractivity contribution in [3.05, 3.63) is 70.1 Å². The second kappa shape index (κ2) is 8.99. The third kappa shape index (κ3) is 4.69. The van der Waals surface area contributed by atoms with Crippen LogP contribution in [0, 0.1) is 0 Å². The third-order valence-electron chi connectivity index (χ3n) is 4.34. The molecular weight excluding hydrogens is 386 g/mol. The molecule has 0 atom stereocenters. The Labute approximate surface area is 172 Å². The standard InChI is InChI=1S/C21H21N5O4/c1-3-26-21(30)17-7-5-4-6-16(17)19(25-26)20(29)24-23-18(28)12-14-8-10-15(11-9-14)22-13(2)27/h4-11H,3,12H2,1-2H3,(H,22,27)(H,23,28)(H,24,29). The van der Waals surface area contributed by atoms with Crippen molar-refractivity contribution >= 4 is 34.2 Å². The maximum Gasteiger partial charge on any atom is 0.290 e. The molecule has 1 aromatic heterocycles. The van der Waals surface area contributed by atoms with Gasteiger partial charge in [0.1, 0.15) is 0 Å². The van der Waals surface area contributed by atoms with Gasteiger partial charge in [0.05, 0.1) is 11.8 Å². The maximum atomic E-state index is 12.6. The number of benzene rings is 2. The summed E-state index contributed by atoms with van der Waals surface area (Å²) in [5, 5.41) is 7.55. The number of rotatable bonds is 5. The van der Waals surface area contributed by atoms with E-state index in [0.29, 0.717) is 28.6 Å². The molecule has 1 heterocycles. The summed E-state index contributed by atoms with van der Waals surface area (Å²) in [6.07, 6.45) is 0.0310. The van der Waals surface area contributed by atoms with Crippen molar-refractivity contribution in [3.8, 4) is 0 Å². The molecule has 3 N–H and O–H groups in total. The van der Waals surface area contributed by atoms with Gasteiger partial charge in [0.25, 0.3) is 11.5 Å². The molecule has 30 heavy (non-hydrogen) atoms. The predicted molar refractivity (Wildman–Crippen MR) is 112 cm³/mol. The van der Waals surface area contributed by atoms with Gasteiger partial charge in [-0.2, -0.15) is 5.10 Å². The molecule has 0 spiro atoms. The lowest BCUT2D eigenvalue weighted by Crippen LogP contribution is -2.43. The molecule has 9 nitrogen and oxygen atoms in total. The second-order valence-electron chi connectivity index (χ2n) is 6.57. The summed E-state index contributed by atoms with van der Waals surface area (Å²) in [7, 11) is 0. The van der Waals surface area contributed by atoms with Gasteiger partial charge in [-0.15, -0.1) is 0 Å². The normalized spacial score (nSPS) is 10.5. The Morgan fingerprint density at radius 1 is 0.967 bits per heavy atom. The summed E-state index contributed by atoms with van der Waals surface area (Å²) in [6.45, 7) is 3.48. The number of nitrogens with one attached hydrogen (secondary N) is 3. The van der Waals surface area contributed by atoms with Gasteiger partial charge < -0.3 is 5.32 Å². The number of anilines is 1. The van der Waals surface area contributed by atoms with Crippen molar-refractivity contribution in [2.24, 2.45) is 0 Å². The van der Waals surface area contributed by atoms with E-state index in [1.54, 1.807) is 55.5 Å². The first kappa shape index (κ1) is 20.7. The number of aryl methyl sites for hydroxylation is 1. The van der Waals surface area contributed by atoms with E-state index in [4.69, 9.17) is 0 Å². The molecule has 0 fully saturated rings. The highest BCUT2D eigenvalue weighted by Crippen LogP contribution is 2.13. The molecule has 9 heteroatoms. The average Bonchev–Trinajstić information content (AvgIpc) is 2.73. The molecule has 154 valence electrons. The van der Waals surface area contributed by atoms with Crippen LogP contribution in [0.3, 0.4) is 0 Å². The molecule has 0 saturated heterocycles. The quantitative estimate of drug-likeness (QED) is 0.552. The number of hydrogen-bond donors (Lipinski definition) is 3. The van der Waals surface area contributed by atoms with Crippen LogP contribution in [0.1, 0.15) is 29.9 Å². The Morgan fingerprint density at radius 2 is 1.63 bits per heavy atom. The van der Waals surface area contributed by atoms with Gasteiger partial charge in [0.15, 0.2) is 5.69 Å². The van der Waals surface area contributed by atoms with Gasteiger partial charge in [-0.25, -0.2) is 4.68 Å². The number of aromatic nitrogens is 2. The van der Waals surface area contributed by atoms with Crippen LogP contribution >= 0.6 is 0 Å². The Balaban J connectivity index is 1.68. The smallest absolute Gasteiger partial charge is 0.290 e. The summed E-state index contributed by atoms with van der Waals surface area (Å²) in [5.41, 5.74) is 5.81. The maximum absolute atomic E-state index is 12.6. The first-order chi connectivity index (χ1) is 14.4. The van der Waals surface area contributed by atoms with Gasteiger partial charge in [-0.3, -0.25) is 30.0 Å². The van der Waals surface area contributed by atoms with Crippen molar-refractivity contribution in [2.75, 3.05) is 5.32 Å². The third-order valence-corrected chi connectivity index (χ3v) is 4.34. The number of amides is 3. The summed E-state index contributed by atoms with van der Waals surface area (Å²) >= 11 is 0. The highest BCUT2D eigenvalue weighted by atomic mass is 16.2. The van der Waals surface area contributed by atoms with Crippen molar-refractivity contribution in [3.63, 3.8) is 0 Å². The molecule has 0 aliphatic carbocycles. The van der Waals surface area contributed by atoms with Gasteiger partial charge in [0.2, 0.25) is 11.8 Å². The fraction of sp³-hybridized carbons (Fsp3) is 0.190. The first-order valence-corrected chi connectivity index (χ1v) is 9.34. The zero-order valence-corrected chi connectivity index (χ0v) is 16.6. The largest absolute Gasteiger partial charge is 0.326 e. The molecule has 3 rings (SSSR count). The minimum Gasteiger partial charge on any atom is -0.326 e. The van der Waals surface area contributed by atoms with Gasteiger partial charge in [-0.1, -0.05) is 30.3 Å². The number of fused-ring (bicyclic) bond motifs is 1. The SMILES string of the molecule is CCn1nc(C(=O)NNC(=O)Cc2ccc(NC(C)=O)cc2)c2ccccc2c1=O. The Morgan fingerprint density at radius 3 is 2.27 bits per heavy atom. The minimum atomic E-state index is -0.622. The molecule has 0 aliphatic rings. The lowest BCUT2D eigenvalue weighted by atomic mass is 10.1. The lowest BCUT2D eigenvalue weighted by molar-refractivity contribution is -0.121. The molecule has 0 unspecified atom stereocenters. The summed E-state index contributed by atoms with van der Waals surface area (Å²) in [4.78, 5) is 48.2. The van der Waals surface area contributed by atoms with E-state index >= 15 is 0 Å². The monoisotopic (exact) mass is 407 g/mol. The van der Waals surface area contributed by atoms with Crippen LogP contribution in [0.4, 0.5) is 5.69 Å². The van der Waals surface area contributed by atoms with E-state index in [2.05, 4.69) is 21.3 Å². The Kier molecular flexibility index (Phi) is 6.21. The Hall–Kier alpha value is -4.01. The number of hydrazine groups is 1.